The number of allylic oxidation sites excluding steroid dienone is 5. The summed E-state index contributed by atoms with van der Waals surface area (Å²) in [6.07, 6.45) is 1.00. The van der Waals surface area contributed by atoms with Crippen LogP contribution in [0.3, 0.4) is 0 Å². The molecule has 0 aromatic heterocycles. The van der Waals surface area contributed by atoms with E-state index in [1.54, 1.807) is 30.3 Å². The van der Waals surface area contributed by atoms with Crippen LogP contribution in [0.15, 0.2) is 154 Å². The van der Waals surface area contributed by atoms with E-state index >= 15 is 0 Å². The van der Waals surface area contributed by atoms with Gasteiger partial charge in [-0.15, -0.1) is 0 Å². The number of rotatable bonds is 7. The molecule has 0 heterocycles. The summed E-state index contributed by atoms with van der Waals surface area (Å²) >= 11 is 0. The van der Waals surface area contributed by atoms with E-state index in [0.717, 1.165) is 39.8 Å². The third-order valence-electron chi connectivity index (χ3n) is 7.75. The number of phenolic OH excluding ortho intramolecular Hbond substituents is 2. The van der Waals surface area contributed by atoms with Crippen LogP contribution in [0.1, 0.15) is 79.1 Å². The summed E-state index contributed by atoms with van der Waals surface area (Å²) in [6.45, 7) is 35.2. The number of methoxy groups -OCH3 is 1. The van der Waals surface area contributed by atoms with Crippen molar-refractivity contribution in [2.24, 2.45) is 0 Å². The summed E-state index contributed by atoms with van der Waals surface area (Å²) < 4.78 is 4.94. The van der Waals surface area contributed by atoms with E-state index in [-0.39, 0.29) is 5.75 Å². The molecule has 3 nitrogen and oxygen atoms in total. The monoisotopic (exact) mass is 708 g/mol. The van der Waals surface area contributed by atoms with Crippen LogP contribution in [0.2, 0.25) is 0 Å². The molecular weight excluding hydrogens is 649 g/mol. The minimum atomic E-state index is 0.155. The van der Waals surface area contributed by atoms with E-state index in [9.17, 15) is 10.2 Å². The van der Waals surface area contributed by atoms with Crippen LogP contribution in [0.25, 0.3) is 22.3 Å². The molecular formula is C50H60O3. The SMILES string of the molecule is C=C(C)Cc1ccc(C)cc1.C=C(C)c1ccc(C)cc1.C=C(C)c1ccc(C)cc1.C=C(C)c1ccc(O)c(OC)c1.C=C(C)c1ccccc1O. The first-order valence-corrected chi connectivity index (χ1v) is 17.6. The van der Waals surface area contributed by atoms with Gasteiger partial charge in [0.2, 0.25) is 0 Å². The molecule has 278 valence electrons. The van der Waals surface area contributed by atoms with Gasteiger partial charge in [0.05, 0.1) is 7.11 Å². The molecule has 0 aliphatic heterocycles. The number of aryl methyl sites for hydroxylation is 3. The summed E-state index contributed by atoms with van der Waals surface area (Å²) in [5, 5.41) is 18.5. The Morgan fingerprint density at radius 3 is 1.23 bits per heavy atom. The van der Waals surface area contributed by atoms with Crippen LogP contribution in [0.5, 0.6) is 17.2 Å². The standard InChI is InChI=1S/C11H14.C10H12O2.2C10H12.C9H10O/c1-9(2)8-11-6-4-10(3)5-7-11;1-7(2)8-4-5-9(11)10(6-8)12-3;2*1-8(2)10-6-4-9(3)5-7-10;1-7(2)8-5-3-4-6-9(8)10/h4-7H,1,8H2,2-3H3;4-6,11H,1H2,2-3H3;2*4-7H,1H2,2-3H3;3-6,10H,1H2,2H3. The predicted molar refractivity (Wildman–Crippen MR) is 234 cm³/mol. The van der Waals surface area contributed by atoms with Crippen molar-refractivity contribution in [3.8, 4) is 17.2 Å². The number of ether oxygens (including phenoxy) is 1. The number of hydrogen-bond acceptors (Lipinski definition) is 3. The van der Waals surface area contributed by atoms with Crippen LogP contribution >= 0.6 is 0 Å². The van der Waals surface area contributed by atoms with Crippen molar-refractivity contribution in [3.63, 3.8) is 0 Å². The van der Waals surface area contributed by atoms with Gasteiger partial charge in [0, 0.05) is 5.56 Å². The first kappa shape index (κ1) is 45.2. The Labute approximate surface area is 320 Å². The topological polar surface area (TPSA) is 49.7 Å². The molecule has 0 bridgehead atoms. The Bertz CT molecular complexity index is 1870. The van der Waals surface area contributed by atoms with Gasteiger partial charge < -0.3 is 14.9 Å². The van der Waals surface area contributed by atoms with Crippen molar-refractivity contribution in [1.82, 2.24) is 0 Å². The quantitative estimate of drug-likeness (QED) is 0.166. The maximum absolute atomic E-state index is 9.26. The number of para-hydroxylation sites is 1. The second-order valence-electron chi connectivity index (χ2n) is 13.4. The summed E-state index contributed by atoms with van der Waals surface area (Å²) in [6, 6.07) is 37.7. The predicted octanol–water partition coefficient (Wildman–Crippen LogP) is 14.0. The molecule has 0 aliphatic carbocycles. The van der Waals surface area contributed by atoms with Crippen molar-refractivity contribution in [2.75, 3.05) is 7.11 Å². The van der Waals surface area contributed by atoms with E-state index in [0.29, 0.717) is 11.5 Å². The third kappa shape index (κ3) is 18.3. The number of benzene rings is 5. The Kier molecular flexibility index (Phi) is 20.2. The summed E-state index contributed by atoms with van der Waals surface area (Å²) in [7, 11) is 1.53. The molecule has 0 atom stereocenters. The van der Waals surface area contributed by atoms with Gasteiger partial charge in [-0.3, -0.25) is 0 Å². The smallest absolute Gasteiger partial charge is 0.161 e. The lowest BCUT2D eigenvalue weighted by Gasteiger charge is -2.05. The molecule has 0 saturated carbocycles. The van der Waals surface area contributed by atoms with Crippen LogP contribution in [-0.4, -0.2) is 17.3 Å². The van der Waals surface area contributed by atoms with E-state index in [4.69, 9.17) is 4.74 Å². The Morgan fingerprint density at radius 2 is 0.887 bits per heavy atom. The highest BCUT2D eigenvalue weighted by molar-refractivity contribution is 5.66. The fourth-order valence-corrected chi connectivity index (χ4v) is 4.51. The summed E-state index contributed by atoms with van der Waals surface area (Å²) in [5.41, 5.74) is 14.8. The number of phenols is 2. The van der Waals surface area contributed by atoms with E-state index in [1.807, 2.05) is 39.8 Å². The highest BCUT2D eigenvalue weighted by Crippen LogP contribution is 2.28. The first-order chi connectivity index (χ1) is 24.9. The molecule has 53 heavy (non-hydrogen) atoms. The van der Waals surface area contributed by atoms with Gasteiger partial charge in [0.15, 0.2) is 11.5 Å². The van der Waals surface area contributed by atoms with Crippen molar-refractivity contribution in [3.05, 3.63) is 198 Å². The fraction of sp³-hybridized carbons (Fsp3) is 0.200. The molecule has 5 aromatic carbocycles. The second-order valence-corrected chi connectivity index (χ2v) is 13.4. The third-order valence-corrected chi connectivity index (χ3v) is 7.75. The molecule has 2 N–H and O–H groups in total. The lowest BCUT2D eigenvalue weighted by atomic mass is 10.1. The van der Waals surface area contributed by atoms with Crippen molar-refractivity contribution >= 4 is 22.3 Å². The second kappa shape index (κ2) is 23.6. The van der Waals surface area contributed by atoms with E-state index in [2.05, 4.69) is 133 Å². The summed E-state index contributed by atoms with van der Waals surface area (Å²) in [5.74, 6) is 0.938. The Morgan fingerprint density at radius 1 is 0.491 bits per heavy atom. The maximum Gasteiger partial charge on any atom is 0.161 e. The van der Waals surface area contributed by atoms with Gasteiger partial charge in [0.1, 0.15) is 5.75 Å². The van der Waals surface area contributed by atoms with Gasteiger partial charge in [-0.1, -0.05) is 169 Å². The first-order valence-electron chi connectivity index (χ1n) is 17.6. The van der Waals surface area contributed by atoms with Crippen molar-refractivity contribution in [2.45, 2.75) is 61.8 Å². The molecule has 0 spiro atoms. The fourth-order valence-electron chi connectivity index (χ4n) is 4.51. The highest BCUT2D eigenvalue weighted by Gasteiger charge is 2.02. The maximum atomic E-state index is 9.26. The molecule has 0 unspecified atom stereocenters. The zero-order valence-electron chi connectivity index (χ0n) is 33.5. The zero-order chi connectivity index (χ0) is 40.1. The minimum absolute atomic E-state index is 0.155. The average molecular weight is 709 g/mol. The molecule has 3 heteroatoms. The molecule has 5 rings (SSSR count). The highest BCUT2D eigenvalue weighted by atomic mass is 16.5. The van der Waals surface area contributed by atoms with Crippen molar-refractivity contribution < 1.29 is 14.9 Å². The van der Waals surface area contributed by atoms with Gasteiger partial charge in [-0.05, 0) is 108 Å². The molecule has 0 fully saturated rings. The van der Waals surface area contributed by atoms with Crippen molar-refractivity contribution in [1.29, 1.82) is 0 Å². The van der Waals surface area contributed by atoms with Crippen LogP contribution in [0, 0.1) is 20.8 Å². The van der Waals surface area contributed by atoms with Crippen LogP contribution in [-0.2, 0) is 6.42 Å². The Balaban J connectivity index is 0.000000332. The lowest BCUT2D eigenvalue weighted by Crippen LogP contribution is -1.85. The Hall–Kier alpha value is -5.80. The number of aromatic hydroxyl groups is 2. The molecule has 5 aromatic rings. The molecule has 0 amide bonds. The van der Waals surface area contributed by atoms with Crippen LogP contribution in [0.4, 0.5) is 0 Å². The molecule has 0 aliphatic rings. The summed E-state index contributed by atoms with van der Waals surface area (Å²) in [4.78, 5) is 0. The van der Waals surface area contributed by atoms with Gasteiger partial charge >= 0.3 is 0 Å². The van der Waals surface area contributed by atoms with E-state index in [1.165, 1.54) is 46.1 Å². The molecule has 0 saturated heterocycles. The zero-order valence-corrected chi connectivity index (χ0v) is 33.5. The van der Waals surface area contributed by atoms with Crippen LogP contribution < -0.4 is 4.74 Å². The number of hydrogen-bond donors (Lipinski definition) is 2. The minimum Gasteiger partial charge on any atom is -0.507 e. The normalized spacial score (nSPS) is 9.45. The molecule has 0 radical (unpaired) electrons. The largest absolute Gasteiger partial charge is 0.507 e. The lowest BCUT2D eigenvalue weighted by molar-refractivity contribution is 0.373. The van der Waals surface area contributed by atoms with Gasteiger partial charge in [-0.25, -0.2) is 0 Å². The average Bonchev–Trinajstić information content (AvgIpc) is 3.11. The van der Waals surface area contributed by atoms with Gasteiger partial charge in [0.25, 0.3) is 0 Å². The van der Waals surface area contributed by atoms with Gasteiger partial charge in [-0.2, -0.15) is 0 Å². The van der Waals surface area contributed by atoms with E-state index < -0.39 is 0 Å².